The third-order valence-electron chi connectivity index (χ3n) is 2.62. The fourth-order valence-electron chi connectivity index (χ4n) is 1.65. The predicted molar refractivity (Wildman–Crippen MR) is 70.3 cm³/mol. The molecule has 0 aromatic rings. The molecule has 0 saturated carbocycles. The molecule has 0 aliphatic carbocycles. The molecule has 0 aliphatic heterocycles. The maximum absolute atomic E-state index is 9.63. The molecule has 0 radical (unpaired) electrons. The van der Waals surface area contributed by atoms with Crippen LogP contribution in [0.15, 0.2) is 0 Å². The number of ether oxygens (including phenoxy) is 3. The topological polar surface area (TPSA) is 88.4 Å². The van der Waals surface area contributed by atoms with E-state index in [4.69, 9.17) is 14.2 Å². The maximum Gasteiger partial charge on any atom is 0.335 e. The van der Waals surface area contributed by atoms with Crippen molar-refractivity contribution in [2.24, 2.45) is 0 Å². The molecule has 1 unspecified atom stereocenters. The molecule has 116 valence electrons. The Balaban J connectivity index is 5.09. The SMILES string of the molecule is CCCOC(C)C(OCCC)(OCCC)C(O)(O)O. The summed E-state index contributed by atoms with van der Waals surface area (Å²) in [5.41, 5.74) is 0. The zero-order chi connectivity index (χ0) is 14.9. The summed E-state index contributed by atoms with van der Waals surface area (Å²) in [6.07, 6.45) is 1.23. The van der Waals surface area contributed by atoms with Crippen molar-refractivity contribution >= 4 is 0 Å². The maximum atomic E-state index is 9.63. The van der Waals surface area contributed by atoms with E-state index in [0.717, 1.165) is 6.42 Å². The van der Waals surface area contributed by atoms with Crippen LogP contribution >= 0.6 is 0 Å². The summed E-state index contributed by atoms with van der Waals surface area (Å²) in [4.78, 5) is 0. The molecule has 0 amide bonds. The minimum absolute atomic E-state index is 0.215. The van der Waals surface area contributed by atoms with E-state index in [1.807, 2.05) is 20.8 Å². The van der Waals surface area contributed by atoms with Gasteiger partial charge < -0.3 is 29.5 Å². The van der Waals surface area contributed by atoms with Gasteiger partial charge in [0.1, 0.15) is 6.10 Å². The fraction of sp³-hybridized carbons (Fsp3) is 1.00. The minimum Gasteiger partial charge on any atom is -0.373 e. The lowest BCUT2D eigenvalue weighted by atomic mass is 10.1. The molecule has 0 spiro atoms. The van der Waals surface area contributed by atoms with Gasteiger partial charge in [-0.25, -0.2) is 0 Å². The second-order valence-corrected chi connectivity index (χ2v) is 4.51. The smallest absolute Gasteiger partial charge is 0.335 e. The Morgan fingerprint density at radius 2 is 1.26 bits per heavy atom. The van der Waals surface area contributed by atoms with Crippen molar-refractivity contribution in [1.29, 1.82) is 0 Å². The molecule has 0 rings (SSSR count). The van der Waals surface area contributed by atoms with Gasteiger partial charge in [0.15, 0.2) is 0 Å². The number of rotatable bonds is 11. The summed E-state index contributed by atoms with van der Waals surface area (Å²) in [5.74, 6) is -5.14. The lowest BCUT2D eigenvalue weighted by molar-refractivity contribution is -0.482. The molecular weight excluding hydrogens is 252 g/mol. The Morgan fingerprint density at radius 3 is 1.58 bits per heavy atom. The highest BCUT2D eigenvalue weighted by Gasteiger charge is 2.56. The summed E-state index contributed by atoms with van der Waals surface area (Å²) in [6, 6.07) is 0. The molecule has 0 aliphatic rings. The third kappa shape index (κ3) is 5.33. The molecular formula is C13H28O6. The molecule has 3 N–H and O–H groups in total. The van der Waals surface area contributed by atoms with Gasteiger partial charge in [-0.15, -0.1) is 0 Å². The van der Waals surface area contributed by atoms with Crippen LogP contribution in [0.4, 0.5) is 0 Å². The number of hydrogen-bond donors (Lipinski definition) is 3. The van der Waals surface area contributed by atoms with Crippen LogP contribution in [0.25, 0.3) is 0 Å². The van der Waals surface area contributed by atoms with Crippen molar-refractivity contribution in [3.63, 3.8) is 0 Å². The molecule has 6 heteroatoms. The quantitative estimate of drug-likeness (QED) is 0.489. The van der Waals surface area contributed by atoms with Crippen LogP contribution in [-0.4, -0.2) is 53.0 Å². The second kappa shape index (κ2) is 8.84. The van der Waals surface area contributed by atoms with Crippen LogP contribution in [0, 0.1) is 0 Å². The van der Waals surface area contributed by atoms with Crippen molar-refractivity contribution in [2.75, 3.05) is 19.8 Å². The molecule has 19 heavy (non-hydrogen) atoms. The summed E-state index contributed by atoms with van der Waals surface area (Å²) in [7, 11) is 0. The Labute approximate surface area is 115 Å². The summed E-state index contributed by atoms with van der Waals surface area (Å²) >= 11 is 0. The monoisotopic (exact) mass is 280 g/mol. The van der Waals surface area contributed by atoms with E-state index in [9.17, 15) is 15.3 Å². The average molecular weight is 280 g/mol. The standard InChI is InChI=1S/C13H28O6/c1-5-8-17-11(4)12(13(14,15)16,18-9-6-2)19-10-7-3/h11,14-16H,5-10H2,1-4H3. The van der Waals surface area contributed by atoms with Crippen LogP contribution < -0.4 is 0 Å². The predicted octanol–water partition coefficient (Wildman–Crippen LogP) is 0.982. The van der Waals surface area contributed by atoms with Crippen LogP contribution in [0.2, 0.25) is 0 Å². The highest BCUT2D eigenvalue weighted by atomic mass is 16.8. The largest absolute Gasteiger partial charge is 0.373 e. The molecule has 0 aromatic heterocycles. The number of hydrogen-bond acceptors (Lipinski definition) is 6. The van der Waals surface area contributed by atoms with E-state index < -0.39 is 17.9 Å². The number of aliphatic hydroxyl groups is 3. The van der Waals surface area contributed by atoms with Crippen LogP contribution in [0.5, 0.6) is 0 Å². The van der Waals surface area contributed by atoms with E-state index in [-0.39, 0.29) is 13.2 Å². The van der Waals surface area contributed by atoms with Crippen molar-refractivity contribution in [3.05, 3.63) is 0 Å². The van der Waals surface area contributed by atoms with Gasteiger partial charge in [0.25, 0.3) is 5.79 Å². The summed E-state index contributed by atoms with van der Waals surface area (Å²) < 4.78 is 16.3. The first-order chi connectivity index (χ1) is 8.85. The molecule has 6 nitrogen and oxygen atoms in total. The van der Waals surface area contributed by atoms with E-state index in [1.54, 1.807) is 6.92 Å². The Bertz CT molecular complexity index is 218. The van der Waals surface area contributed by atoms with E-state index in [1.165, 1.54) is 0 Å². The van der Waals surface area contributed by atoms with Crippen molar-refractivity contribution in [3.8, 4) is 0 Å². The van der Waals surface area contributed by atoms with Crippen LogP contribution in [-0.2, 0) is 14.2 Å². The Kier molecular flexibility index (Phi) is 8.73. The molecule has 0 bridgehead atoms. The van der Waals surface area contributed by atoms with Crippen molar-refractivity contribution in [1.82, 2.24) is 0 Å². The van der Waals surface area contributed by atoms with E-state index in [2.05, 4.69) is 0 Å². The van der Waals surface area contributed by atoms with Gasteiger partial charge in [0.2, 0.25) is 0 Å². The minimum atomic E-state index is -3.13. The zero-order valence-electron chi connectivity index (χ0n) is 12.4. The molecule has 1 atom stereocenters. The van der Waals surface area contributed by atoms with Gasteiger partial charge in [0, 0.05) is 6.61 Å². The lowest BCUT2D eigenvalue weighted by Crippen LogP contribution is -2.64. The Hall–Kier alpha value is -0.240. The first-order valence-electron chi connectivity index (χ1n) is 6.92. The summed E-state index contributed by atoms with van der Waals surface area (Å²) in [5, 5.41) is 28.9. The van der Waals surface area contributed by atoms with Crippen LogP contribution in [0.1, 0.15) is 47.0 Å². The molecule has 0 aromatic carbocycles. The van der Waals surface area contributed by atoms with Gasteiger partial charge in [-0.05, 0) is 26.2 Å². The van der Waals surface area contributed by atoms with E-state index >= 15 is 0 Å². The Morgan fingerprint density at radius 1 is 0.842 bits per heavy atom. The van der Waals surface area contributed by atoms with Gasteiger partial charge in [-0.3, -0.25) is 0 Å². The van der Waals surface area contributed by atoms with Crippen LogP contribution in [0.3, 0.4) is 0 Å². The molecule has 0 fully saturated rings. The average Bonchev–Trinajstić information content (AvgIpc) is 2.35. The van der Waals surface area contributed by atoms with Crippen molar-refractivity contribution in [2.45, 2.75) is 64.8 Å². The summed E-state index contributed by atoms with van der Waals surface area (Å²) in [6.45, 7) is 8.09. The molecule has 0 heterocycles. The first-order valence-corrected chi connectivity index (χ1v) is 6.92. The van der Waals surface area contributed by atoms with Gasteiger partial charge in [-0.2, -0.15) is 0 Å². The second-order valence-electron chi connectivity index (χ2n) is 4.51. The first kappa shape index (κ1) is 18.8. The third-order valence-corrected chi connectivity index (χ3v) is 2.62. The van der Waals surface area contributed by atoms with Gasteiger partial charge in [0.05, 0.1) is 13.2 Å². The zero-order valence-corrected chi connectivity index (χ0v) is 12.4. The van der Waals surface area contributed by atoms with Gasteiger partial charge >= 0.3 is 5.97 Å². The molecule has 0 saturated heterocycles. The highest BCUT2D eigenvalue weighted by Crippen LogP contribution is 2.31. The highest BCUT2D eigenvalue weighted by molar-refractivity contribution is 4.85. The normalized spacial score (nSPS) is 14.7. The lowest BCUT2D eigenvalue weighted by Gasteiger charge is -2.42. The van der Waals surface area contributed by atoms with E-state index in [0.29, 0.717) is 19.4 Å². The van der Waals surface area contributed by atoms with Gasteiger partial charge in [-0.1, -0.05) is 20.8 Å². The van der Waals surface area contributed by atoms with Crippen molar-refractivity contribution < 1.29 is 29.5 Å². The fourth-order valence-corrected chi connectivity index (χ4v) is 1.65.